The molecule has 1 aromatic carbocycles. The normalized spacial score (nSPS) is 11.2. The molecule has 0 radical (unpaired) electrons. The average Bonchev–Trinajstić information content (AvgIpc) is 2.39. The van der Waals surface area contributed by atoms with E-state index in [-0.39, 0.29) is 11.3 Å². The van der Waals surface area contributed by atoms with Crippen molar-refractivity contribution < 1.29 is 4.79 Å². The topological polar surface area (TPSA) is 68.0 Å². The molecule has 0 saturated heterocycles. The third-order valence-corrected chi connectivity index (χ3v) is 3.51. The molecule has 21 heavy (non-hydrogen) atoms. The highest BCUT2D eigenvalue weighted by Gasteiger charge is 2.18. The minimum Gasteiger partial charge on any atom is -0.384 e. The number of halogens is 1. The van der Waals surface area contributed by atoms with E-state index in [1.54, 1.807) is 12.1 Å². The summed E-state index contributed by atoms with van der Waals surface area (Å²) in [4.78, 5) is 16.6. The van der Waals surface area contributed by atoms with Crippen LogP contribution in [0, 0.1) is 0 Å². The third-order valence-electron chi connectivity index (χ3n) is 2.98. The number of carbonyl (C=O) groups is 1. The summed E-state index contributed by atoms with van der Waals surface area (Å²) in [5, 5.41) is 2.85. The highest BCUT2D eigenvalue weighted by Crippen LogP contribution is 2.23. The lowest BCUT2D eigenvalue weighted by Crippen LogP contribution is -2.18. The number of hydrogen-bond donors (Lipinski definition) is 2. The zero-order valence-corrected chi connectivity index (χ0v) is 13.9. The molecule has 0 bridgehead atoms. The summed E-state index contributed by atoms with van der Waals surface area (Å²) < 4.78 is 0.962. The molecule has 2 aromatic rings. The van der Waals surface area contributed by atoms with Crippen molar-refractivity contribution in [1.82, 2.24) is 4.98 Å². The highest BCUT2D eigenvalue weighted by atomic mass is 79.9. The van der Waals surface area contributed by atoms with Crippen LogP contribution in [0.25, 0.3) is 0 Å². The Balaban J connectivity index is 2.27. The van der Waals surface area contributed by atoms with Crippen molar-refractivity contribution in [1.29, 1.82) is 0 Å². The van der Waals surface area contributed by atoms with Crippen LogP contribution in [0.15, 0.2) is 40.9 Å². The van der Waals surface area contributed by atoms with Gasteiger partial charge in [-0.15, -0.1) is 0 Å². The molecule has 4 nitrogen and oxygen atoms in total. The molecule has 1 aromatic heterocycles. The van der Waals surface area contributed by atoms with Crippen LogP contribution >= 0.6 is 15.9 Å². The number of nitrogens with two attached hydrogens (primary N) is 1. The molecule has 0 atom stereocenters. The van der Waals surface area contributed by atoms with Crippen LogP contribution in [0.4, 0.5) is 11.5 Å². The van der Waals surface area contributed by atoms with Crippen molar-refractivity contribution in [3.8, 4) is 0 Å². The van der Waals surface area contributed by atoms with Gasteiger partial charge in [-0.25, -0.2) is 4.98 Å². The van der Waals surface area contributed by atoms with E-state index in [0.29, 0.717) is 11.4 Å². The van der Waals surface area contributed by atoms with Crippen LogP contribution in [-0.2, 0) is 5.41 Å². The van der Waals surface area contributed by atoms with Gasteiger partial charge in [0.1, 0.15) is 5.82 Å². The summed E-state index contributed by atoms with van der Waals surface area (Å²) in [6.07, 6.45) is 0. The Hall–Kier alpha value is -1.88. The molecule has 3 N–H and O–H groups in total. The molecule has 0 aliphatic carbocycles. The first-order valence-corrected chi connectivity index (χ1v) is 7.40. The van der Waals surface area contributed by atoms with Crippen molar-refractivity contribution in [2.24, 2.45) is 0 Å². The molecular formula is C16H18BrN3O. The molecule has 1 amide bonds. The summed E-state index contributed by atoms with van der Waals surface area (Å²) in [7, 11) is 0. The summed E-state index contributed by atoms with van der Waals surface area (Å²) in [5.74, 6) is 0.153. The number of nitrogen functional groups attached to an aromatic ring is 1. The van der Waals surface area contributed by atoms with E-state index < -0.39 is 0 Å². The molecule has 110 valence electrons. The van der Waals surface area contributed by atoms with Crippen LogP contribution in [0.3, 0.4) is 0 Å². The fourth-order valence-electron chi connectivity index (χ4n) is 1.80. The minimum atomic E-state index is -0.197. The van der Waals surface area contributed by atoms with Crippen molar-refractivity contribution >= 4 is 33.3 Å². The van der Waals surface area contributed by atoms with Gasteiger partial charge >= 0.3 is 0 Å². The number of rotatable bonds is 2. The van der Waals surface area contributed by atoms with Crippen LogP contribution in [0.5, 0.6) is 0 Å². The molecule has 1 heterocycles. The van der Waals surface area contributed by atoms with Gasteiger partial charge in [-0.05, 0) is 36.4 Å². The fourth-order valence-corrected chi connectivity index (χ4v) is 2.07. The maximum Gasteiger partial charge on any atom is 0.255 e. The Bertz CT molecular complexity index is 660. The van der Waals surface area contributed by atoms with Crippen molar-refractivity contribution in [2.45, 2.75) is 26.2 Å². The highest BCUT2D eigenvalue weighted by molar-refractivity contribution is 9.10. The van der Waals surface area contributed by atoms with Crippen molar-refractivity contribution in [3.63, 3.8) is 0 Å². The molecule has 0 spiro atoms. The number of nitrogens with one attached hydrogen (secondary N) is 1. The first kappa shape index (κ1) is 15.5. The summed E-state index contributed by atoms with van der Waals surface area (Å²) in [5.41, 5.74) is 7.68. The average molecular weight is 348 g/mol. The minimum absolute atomic E-state index is 0.165. The quantitative estimate of drug-likeness (QED) is 0.863. The Morgan fingerprint density at radius 3 is 2.38 bits per heavy atom. The van der Waals surface area contributed by atoms with Gasteiger partial charge in [-0.3, -0.25) is 4.79 Å². The van der Waals surface area contributed by atoms with Gasteiger partial charge < -0.3 is 11.1 Å². The maximum absolute atomic E-state index is 12.3. The van der Waals surface area contributed by atoms with Gasteiger partial charge in [0.25, 0.3) is 5.91 Å². The summed E-state index contributed by atoms with van der Waals surface area (Å²) in [6.45, 7) is 6.10. The largest absolute Gasteiger partial charge is 0.384 e. The second kappa shape index (κ2) is 5.85. The fraction of sp³-hybridized carbons (Fsp3) is 0.250. The molecule has 0 aliphatic heterocycles. The summed E-state index contributed by atoms with van der Waals surface area (Å²) in [6, 6.07) is 10.8. The third kappa shape index (κ3) is 4.04. The number of nitrogens with zero attached hydrogens (tertiary/aromatic N) is 1. The number of aromatic nitrogens is 1. The van der Waals surface area contributed by atoms with Gasteiger partial charge in [0.2, 0.25) is 0 Å². The molecule has 0 aliphatic rings. The smallest absolute Gasteiger partial charge is 0.255 e. The molecular weight excluding hydrogens is 330 g/mol. The zero-order valence-electron chi connectivity index (χ0n) is 12.3. The van der Waals surface area contributed by atoms with Crippen LogP contribution in [0.1, 0.15) is 36.8 Å². The first-order valence-electron chi connectivity index (χ1n) is 6.61. The molecule has 2 rings (SSSR count). The monoisotopic (exact) mass is 347 g/mol. The lowest BCUT2D eigenvalue weighted by Gasteiger charge is -2.19. The number of carbonyl (C=O) groups excluding carboxylic acids is 1. The second-order valence-corrected chi connectivity index (χ2v) is 6.79. The van der Waals surface area contributed by atoms with Gasteiger partial charge in [-0.1, -0.05) is 36.7 Å². The van der Waals surface area contributed by atoms with Crippen LogP contribution in [-0.4, -0.2) is 10.9 Å². The van der Waals surface area contributed by atoms with E-state index in [0.717, 1.165) is 15.9 Å². The molecule has 5 heteroatoms. The molecule has 0 fully saturated rings. The van der Waals surface area contributed by atoms with Gasteiger partial charge in [0, 0.05) is 26.8 Å². The number of anilines is 2. The van der Waals surface area contributed by atoms with Gasteiger partial charge in [0.15, 0.2) is 0 Å². The Morgan fingerprint density at radius 1 is 1.19 bits per heavy atom. The number of amides is 1. The van der Waals surface area contributed by atoms with E-state index in [2.05, 4.69) is 26.2 Å². The molecule has 0 saturated carbocycles. The maximum atomic E-state index is 12.3. The van der Waals surface area contributed by atoms with Gasteiger partial charge in [-0.2, -0.15) is 0 Å². The van der Waals surface area contributed by atoms with E-state index in [4.69, 9.17) is 5.73 Å². The molecule has 0 unspecified atom stereocenters. The number of hydrogen-bond acceptors (Lipinski definition) is 3. The van der Waals surface area contributed by atoms with Gasteiger partial charge in [0.05, 0.1) is 0 Å². The Morgan fingerprint density at radius 2 is 1.81 bits per heavy atom. The lowest BCUT2D eigenvalue weighted by molar-refractivity contribution is 0.102. The Labute approximate surface area is 132 Å². The number of pyridine rings is 1. The van der Waals surface area contributed by atoms with Crippen molar-refractivity contribution in [3.05, 3.63) is 52.1 Å². The van der Waals surface area contributed by atoms with E-state index in [1.165, 1.54) is 0 Å². The predicted molar refractivity (Wildman–Crippen MR) is 89.4 cm³/mol. The lowest BCUT2D eigenvalue weighted by atomic mass is 9.90. The zero-order chi connectivity index (χ0) is 15.6. The van der Waals surface area contributed by atoms with Crippen LogP contribution in [0.2, 0.25) is 0 Å². The second-order valence-electron chi connectivity index (χ2n) is 5.88. The Kier molecular flexibility index (Phi) is 4.32. The first-order chi connectivity index (χ1) is 9.75. The van der Waals surface area contributed by atoms with Crippen LogP contribution < -0.4 is 11.1 Å². The SMILES string of the molecule is CC(C)(C)c1cc(C(=O)Nc2ccc(Br)cc2)cc(N)n1. The predicted octanol–water partition coefficient (Wildman–Crippen LogP) is 3.98. The van der Waals surface area contributed by atoms with Crippen molar-refractivity contribution in [2.75, 3.05) is 11.1 Å². The van der Waals surface area contributed by atoms with E-state index in [9.17, 15) is 4.79 Å². The summed E-state index contributed by atoms with van der Waals surface area (Å²) >= 11 is 3.36. The van der Waals surface area contributed by atoms with E-state index in [1.807, 2.05) is 45.0 Å². The number of benzene rings is 1. The standard InChI is InChI=1S/C16H18BrN3O/c1-16(2,3)13-8-10(9-14(18)20-13)15(21)19-12-6-4-11(17)5-7-12/h4-9H,1-3H3,(H2,18,20)(H,19,21). The van der Waals surface area contributed by atoms with E-state index >= 15 is 0 Å².